The van der Waals surface area contributed by atoms with E-state index >= 15 is 0 Å². The number of nitrogens with two attached hydrogens (primary N) is 1. The lowest BCUT2D eigenvalue weighted by Crippen LogP contribution is -1.85. The number of H-pyrrole nitrogens is 1. The fraction of sp³-hybridized carbons (Fsp3) is 0.0833. The summed E-state index contributed by atoms with van der Waals surface area (Å²) in [5, 5.41) is 6.69. The summed E-state index contributed by atoms with van der Waals surface area (Å²) in [5.41, 5.74) is 8.31. The van der Waals surface area contributed by atoms with Crippen molar-refractivity contribution < 1.29 is 0 Å². The molecule has 2 rings (SSSR count). The Kier molecular flexibility index (Phi) is 4.16. The van der Waals surface area contributed by atoms with E-state index in [0.717, 1.165) is 11.3 Å². The van der Waals surface area contributed by atoms with Gasteiger partial charge in [-0.25, -0.2) is 0 Å². The minimum Gasteiger partial charge on any atom is -0.396 e. The van der Waals surface area contributed by atoms with Crippen molar-refractivity contribution in [3.8, 4) is 11.3 Å². The maximum Gasteiger partial charge on any atom is 0.0879 e. The predicted molar refractivity (Wildman–Crippen MR) is 64.3 cm³/mol. The largest absolute Gasteiger partial charge is 0.396 e. The lowest BCUT2D eigenvalue weighted by atomic mass is 10.1. The molecule has 78 valence electrons. The van der Waals surface area contributed by atoms with Crippen molar-refractivity contribution >= 4 is 5.69 Å². The molecule has 0 atom stereocenters. The highest BCUT2D eigenvalue weighted by atomic mass is 15.1. The second kappa shape index (κ2) is 5.65. The highest BCUT2D eigenvalue weighted by Gasteiger charge is 2.01. The van der Waals surface area contributed by atoms with Gasteiger partial charge in [-0.3, -0.25) is 5.10 Å². The standard InChI is InChI=1S/C9H9N3.C3H6/c10-8-6-11-12-9(8)7-4-2-1-3-5-7;1-3-2/h1-6H,10H2,(H,11,12);3H,1H2,2H3. The molecule has 3 nitrogen and oxygen atoms in total. The van der Waals surface area contributed by atoms with Crippen LogP contribution in [0.4, 0.5) is 5.69 Å². The summed E-state index contributed by atoms with van der Waals surface area (Å²) in [5.74, 6) is 0. The van der Waals surface area contributed by atoms with Crippen molar-refractivity contribution in [2.24, 2.45) is 0 Å². The smallest absolute Gasteiger partial charge is 0.0879 e. The van der Waals surface area contributed by atoms with Gasteiger partial charge in [0.15, 0.2) is 0 Å². The number of rotatable bonds is 1. The summed E-state index contributed by atoms with van der Waals surface area (Å²) >= 11 is 0. The normalized spacial score (nSPS) is 8.87. The summed E-state index contributed by atoms with van der Waals surface area (Å²) in [6.07, 6.45) is 3.36. The summed E-state index contributed by atoms with van der Waals surface area (Å²) in [6.45, 7) is 5.25. The Balaban J connectivity index is 0.000000337. The number of nitrogens with one attached hydrogen (secondary N) is 1. The van der Waals surface area contributed by atoms with Gasteiger partial charge in [-0.1, -0.05) is 36.4 Å². The van der Waals surface area contributed by atoms with Crippen LogP contribution in [0.3, 0.4) is 0 Å². The number of aromatic nitrogens is 2. The molecule has 0 amide bonds. The van der Waals surface area contributed by atoms with Crippen LogP contribution in [0.1, 0.15) is 6.92 Å². The summed E-state index contributed by atoms with van der Waals surface area (Å²) in [7, 11) is 0. The maximum atomic E-state index is 5.68. The fourth-order valence-electron chi connectivity index (χ4n) is 1.13. The predicted octanol–water partition coefficient (Wildman–Crippen LogP) is 2.85. The summed E-state index contributed by atoms with van der Waals surface area (Å²) < 4.78 is 0. The van der Waals surface area contributed by atoms with E-state index in [9.17, 15) is 0 Å². The van der Waals surface area contributed by atoms with Crippen molar-refractivity contribution in [2.75, 3.05) is 5.73 Å². The molecule has 0 radical (unpaired) electrons. The highest BCUT2D eigenvalue weighted by molar-refractivity contribution is 5.71. The third kappa shape index (κ3) is 2.98. The Labute approximate surface area is 89.6 Å². The monoisotopic (exact) mass is 201 g/mol. The van der Waals surface area contributed by atoms with Gasteiger partial charge in [0.25, 0.3) is 0 Å². The molecule has 1 aromatic heterocycles. The Morgan fingerprint density at radius 1 is 1.33 bits per heavy atom. The number of anilines is 1. The first-order valence-corrected chi connectivity index (χ1v) is 4.71. The van der Waals surface area contributed by atoms with Crippen molar-refractivity contribution in [2.45, 2.75) is 6.92 Å². The van der Waals surface area contributed by atoms with Crippen molar-refractivity contribution in [1.29, 1.82) is 0 Å². The minimum atomic E-state index is 0.682. The number of aromatic amines is 1. The average molecular weight is 201 g/mol. The zero-order valence-electron chi connectivity index (χ0n) is 8.77. The number of hydrogen-bond acceptors (Lipinski definition) is 2. The van der Waals surface area contributed by atoms with Crippen LogP contribution in [-0.2, 0) is 0 Å². The van der Waals surface area contributed by atoms with Gasteiger partial charge in [0, 0.05) is 5.56 Å². The third-order valence-corrected chi connectivity index (χ3v) is 1.73. The molecule has 1 heterocycles. The lowest BCUT2D eigenvalue weighted by Gasteiger charge is -1.96. The molecule has 0 bridgehead atoms. The average Bonchev–Trinajstić information content (AvgIpc) is 2.67. The topological polar surface area (TPSA) is 54.7 Å². The number of nitrogens with zero attached hydrogens (tertiary/aromatic N) is 1. The molecule has 15 heavy (non-hydrogen) atoms. The molecule has 3 N–H and O–H groups in total. The molecule has 0 unspecified atom stereocenters. The third-order valence-electron chi connectivity index (χ3n) is 1.73. The van der Waals surface area contributed by atoms with Crippen LogP contribution in [-0.4, -0.2) is 10.2 Å². The lowest BCUT2D eigenvalue weighted by molar-refractivity contribution is 1.10. The Morgan fingerprint density at radius 3 is 2.40 bits per heavy atom. The summed E-state index contributed by atoms with van der Waals surface area (Å²) in [4.78, 5) is 0. The SMILES string of the molecule is C=CC.Nc1cn[nH]c1-c1ccccc1. The molecule has 0 saturated heterocycles. The van der Waals surface area contributed by atoms with Gasteiger partial charge in [-0.05, 0) is 6.92 Å². The molecule has 0 aliphatic rings. The van der Waals surface area contributed by atoms with Crippen LogP contribution in [0.5, 0.6) is 0 Å². The van der Waals surface area contributed by atoms with E-state index in [-0.39, 0.29) is 0 Å². The van der Waals surface area contributed by atoms with Gasteiger partial charge in [0.05, 0.1) is 17.6 Å². The zero-order chi connectivity index (χ0) is 11.1. The van der Waals surface area contributed by atoms with Gasteiger partial charge < -0.3 is 5.73 Å². The van der Waals surface area contributed by atoms with E-state index in [2.05, 4.69) is 16.8 Å². The number of benzene rings is 1. The Morgan fingerprint density at radius 2 is 1.93 bits per heavy atom. The van der Waals surface area contributed by atoms with Gasteiger partial charge in [-0.15, -0.1) is 6.58 Å². The van der Waals surface area contributed by atoms with E-state index in [0.29, 0.717) is 5.69 Å². The van der Waals surface area contributed by atoms with Crippen molar-refractivity contribution in [1.82, 2.24) is 10.2 Å². The molecule has 3 heteroatoms. The zero-order valence-corrected chi connectivity index (χ0v) is 8.77. The number of nitrogen functional groups attached to an aromatic ring is 1. The molecule has 0 aliphatic heterocycles. The van der Waals surface area contributed by atoms with Crippen LogP contribution >= 0.6 is 0 Å². The second-order valence-corrected chi connectivity index (χ2v) is 2.97. The molecule has 0 saturated carbocycles. The quantitative estimate of drug-likeness (QED) is 0.697. The van der Waals surface area contributed by atoms with Crippen LogP contribution in [0, 0.1) is 0 Å². The van der Waals surface area contributed by atoms with E-state index in [1.54, 1.807) is 12.3 Å². The van der Waals surface area contributed by atoms with Crippen LogP contribution in [0.15, 0.2) is 49.2 Å². The van der Waals surface area contributed by atoms with Gasteiger partial charge in [0.2, 0.25) is 0 Å². The maximum absolute atomic E-state index is 5.68. The molecular formula is C12H15N3. The van der Waals surface area contributed by atoms with Crippen LogP contribution in [0.25, 0.3) is 11.3 Å². The minimum absolute atomic E-state index is 0.682. The molecule has 1 aromatic carbocycles. The molecule has 0 aliphatic carbocycles. The van der Waals surface area contributed by atoms with Crippen LogP contribution < -0.4 is 5.73 Å². The van der Waals surface area contributed by atoms with Crippen molar-refractivity contribution in [3.05, 3.63) is 49.2 Å². The Bertz CT molecular complexity index is 404. The van der Waals surface area contributed by atoms with E-state index in [1.165, 1.54) is 0 Å². The molecule has 0 fully saturated rings. The van der Waals surface area contributed by atoms with Gasteiger partial charge in [0.1, 0.15) is 0 Å². The van der Waals surface area contributed by atoms with Crippen LogP contribution in [0.2, 0.25) is 0 Å². The van der Waals surface area contributed by atoms with Gasteiger partial charge in [-0.2, -0.15) is 5.10 Å². The molecule has 0 spiro atoms. The fourth-order valence-corrected chi connectivity index (χ4v) is 1.13. The first-order chi connectivity index (χ1) is 7.29. The highest BCUT2D eigenvalue weighted by Crippen LogP contribution is 2.21. The van der Waals surface area contributed by atoms with Crippen molar-refractivity contribution in [3.63, 3.8) is 0 Å². The van der Waals surface area contributed by atoms with E-state index < -0.39 is 0 Å². The molecule has 2 aromatic rings. The van der Waals surface area contributed by atoms with Gasteiger partial charge >= 0.3 is 0 Å². The number of hydrogen-bond donors (Lipinski definition) is 2. The summed E-state index contributed by atoms with van der Waals surface area (Å²) in [6, 6.07) is 9.88. The number of allylic oxidation sites excluding steroid dienone is 1. The Hall–Kier alpha value is -2.03. The van der Waals surface area contributed by atoms with E-state index in [4.69, 9.17) is 5.73 Å². The first-order valence-electron chi connectivity index (χ1n) is 4.71. The van der Waals surface area contributed by atoms with E-state index in [1.807, 2.05) is 37.3 Å². The first kappa shape index (κ1) is 11.0. The molecular weight excluding hydrogens is 186 g/mol. The second-order valence-electron chi connectivity index (χ2n) is 2.97.